The van der Waals surface area contributed by atoms with Crippen LogP contribution in [0, 0.1) is 17.0 Å². The Bertz CT molecular complexity index is 628. The molecule has 0 radical (unpaired) electrons. The molecule has 19 heavy (non-hydrogen) atoms. The highest BCUT2D eigenvalue weighted by Gasteiger charge is 2.14. The minimum atomic E-state index is -0.366. The van der Waals surface area contributed by atoms with Crippen LogP contribution in [0.5, 0.6) is 0 Å². The average molecular weight is 406 g/mol. The molecule has 0 bridgehead atoms. The zero-order chi connectivity index (χ0) is 14.0. The maximum absolute atomic E-state index is 10.9. The van der Waals surface area contributed by atoms with E-state index in [1.165, 1.54) is 0 Å². The first-order valence-corrected chi connectivity index (χ1v) is 7.80. The predicted molar refractivity (Wildman–Crippen MR) is 84.9 cm³/mol. The van der Waals surface area contributed by atoms with Crippen LogP contribution in [-0.2, 0) is 6.54 Å². The number of thiophene rings is 1. The van der Waals surface area contributed by atoms with Crippen molar-refractivity contribution in [3.05, 3.63) is 53.1 Å². The van der Waals surface area contributed by atoms with E-state index in [1.54, 1.807) is 30.4 Å². The van der Waals surface area contributed by atoms with Crippen LogP contribution in [0.2, 0.25) is 0 Å². The van der Waals surface area contributed by atoms with Crippen LogP contribution in [0.25, 0.3) is 0 Å². The lowest BCUT2D eigenvalue weighted by molar-refractivity contribution is -0.385. The topological polar surface area (TPSA) is 55.2 Å². The van der Waals surface area contributed by atoms with Gasteiger partial charge in [0.05, 0.1) is 14.4 Å². The number of hydrogen-bond acceptors (Lipinski definition) is 4. The second-order valence-corrected chi connectivity index (χ2v) is 7.34. The first-order chi connectivity index (χ1) is 8.97. The second-order valence-electron chi connectivity index (χ2n) is 3.94. The molecule has 0 fully saturated rings. The number of halogens is 2. The summed E-state index contributed by atoms with van der Waals surface area (Å²) in [7, 11) is 0. The summed E-state index contributed by atoms with van der Waals surface area (Å²) in [5.41, 5.74) is 1.49. The van der Waals surface area contributed by atoms with E-state index in [-0.39, 0.29) is 10.6 Å². The van der Waals surface area contributed by atoms with Crippen molar-refractivity contribution in [2.24, 2.45) is 0 Å². The molecular weight excluding hydrogens is 396 g/mol. The van der Waals surface area contributed by atoms with E-state index in [2.05, 4.69) is 37.2 Å². The number of nitro benzene ring substituents is 1. The largest absolute Gasteiger partial charge is 0.379 e. The summed E-state index contributed by atoms with van der Waals surface area (Å²) < 4.78 is 1.89. The van der Waals surface area contributed by atoms with Gasteiger partial charge in [0.25, 0.3) is 5.69 Å². The highest BCUT2D eigenvalue weighted by Crippen LogP contribution is 2.31. The Morgan fingerprint density at radius 3 is 2.68 bits per heavy atom. The van der Waals surface area contributed by atoms with Gasteiger partial charge in [-0.2, -0.15) is 0 Å². The van der Waals surface area contributed by atoms with Crippen LogP contribution >= 0.6 is 43.2 Å². The van der Waals surface area contributed by atoms with Gasteiger partial charge < -0.3 is 5.32 Å². The molecule has 1 aromatic heterocycles. The molecule has 0 amide bonds. The molecule has 0 saturated carbocycles. The fourth-order valence-electron chi connectivity index (χ4n) is 1.62. The lowest BCUT2D eigenvalue weighted by atomic mass is 10.2. The Hall–Kier alpha value is -0.920. The molecule has 2 aromatic rings. The molecule has 0 aliphatic carbocycles. The third kappa shape index (κ3) is 3.55. The van der Waals surface area contributed by atoms with Crippen molar-refractivity contribution >= 4 is 54.6 Å². The van der Waals surface area contributed by atoms with Crippen molar-refractivity contribution < 1.29 is 4.92 Å². The molecule has 0 aliphatic rings. The van der Waals surface area contributed by atoms with Gasteiger partial charge in [-0.15, -0.1) is 11.3 Å². The molecule has 1 aromatic carbocycles. The van der Waals surface area contributed by atoms with Crippen LogP contribution < -0.4 is 5.32 Å². The lowest BCUT2D eigenvalue weighted by Gasteiger charge is -2.08. The van der Waals surface area contributed by atoms with Gasteiger partial charge in [0.2, 0.25) is 0 Å². The third-order valence-corrected chi connectivity index (χ3v) is 4.84. The molecule has 100 valence electrons. The van der Waals surface area contributed by atoms with E-state index in [0.29, 0.717) is 12.1 Å². The van der Waals surface area contributed by atoms with Gasteiger partial charge in [-0.1, -0.05) is 0 Å². The quantitative estimate of drug-likeness (QED) is 0.568. The number of hydrogen-bond donors (Lipinski definition) is 1. The molecular formula is C12H10Br2N2O2S. The molecule has 2 rings (SSSR count). The lowest BCUT2D eigenvalue weighted by Crippen LogP contribution is -2.00. The van der Waals surface area contributed by atoms with Crippen molar-refractivity contribution in [3.63, 3.8) is 0 Å². The molecule has 0 aliphatic heterocycles. The Balaban J connectivity index is 2.20. The Labute approximate surface area is 131 Å². The second kappa shape index (κ2) is 6.02. The zero-order valence-electron chi connectivity index (χ0n) is 9.94. The number of nitrogens with zero attached hydrogens (tertiary/aromatic N) is 1. The van der Waals surface area contributed by atoms with E-state index >= 15 is 0 Å². The van der Waals surface area contributed by atoms with Crippen LogP contribution in [0.1, 0.15) is 10.4 Å². The molecule has 0 unspecified atom stereocenters. The van der Waals surface area contributed by atoms with Gasteiger partial charge in [-0.3, -0.25) is 10.1 Å². The standard InChI is InChI=1S/C12H10Br2N2O2S/c1-7-4-9(13)10(5-11(7)16(17)18)15-6-8-2-3-12(14)19-8/h2-5,15H,6H2,1H3. The van der Waals surface area contributed by atoms with E-state index in [9.17, 15) is 10.1 Å². The van der Waals surface area contributed by atoms with Crippen LogP contribution in [0.15, 0.2) is 32.5 Å². The molecule has 4 nitrogen and oxygen atoms in total. The fourth-order valence-corrected chi connectivity index (χ4v) is 3.64. The summed E-state index contributed by atoms with van der Waals surface area (Å²) in [6.07, 6.45) is 0. The van der Waals surface area contributed by atoms with E-state index in [0.717, 1.165) is 18.8 Å². The Morgan fingerprint density at radius 1 is 1.37 bits per heavy atom. The van der Waals surface area contributed by atoms with Crippen molar-refractivity contribution in [2.75, 3.05) is 5.32 Å². The van der Waals surface area contributed by atoms with Gasteiger partial charge in [0.15, 0.2) is 0 Å². The SMILES string of the molecule is Cc1cc(Br)c(NCc2ccc(Br)s2)cc1[N+](=O)[O-]. The molecule has 1 heterocycles. The maximum atomic E-state index is 10.9. The molecule has 1 N–H and O–H groups in total. The summed E-state index contributed by atoms with van der Waals surface area (Å²) in [5.74, 6) is 0. The number of nitro groups is 1. The van der Waals surface area contributed by atoms with E-state index < -0.39 is 0 Å². The number of aryl methyl sites for hydroxylation is 1. The number of benzene rings is 1. The molecule has 0 saturated heterocycles. The van der Waals surface area contributed by atoms with E-state index in [1.807, 2.05) is 12.1 Å². The minimum absolute atomic E-state index is 0.123. The van der Waals surface area contributed by atoms with Crippen molar-refractivity contribution in [1.29, 1.82) is 0 Å². The monoisotopic (exact) mass is 404 g/mol. The summed E-state index contributed by atoms with van der Waals surface area (Å²) in [5, 5.41) is 14.1. The summed E-state index contributed by atoms with van der Waals surface area (Å²) >= 11 is 8.45. The van der Waals surface area contributed by atoms with Gasteiger partial charge in [-0.25, -0.2) is 0 Å². The summed E-state index contributed by atoms with van der Waals surface area (Å²) in [6.45, 7) is 2.36. The summed E-state index contributed by atoms with van der Waals surface area (Å²) in [6, 6.07) is 7.31. The molecule has 0 spiro atoms. The van der Waals surface area contributed by atoms with Crippen molar-refractivity contribution in [2.45, 2.75) is 13.5 Å². The van der Waals surface area contributed by atoms with Crippen LogP contribution in [-0.4, -0.2) is 4.92 Å². The van der Waals surface area contributed by atoms with Gasteiger partial charge >= 0.3 is 0 Å². The first kappa shape index (κ1) is 14.5. The third-order valence-electron chi connectivity index (χ3n) is 2.56. The molecule has 7 heteroatoms. The zero-order valence-corrected chi connectivity index (χ0v) is 13.9. The average Bonchev–Trinajstić information content (AvgIpc) is 2.73. The number of nitrogens with one attached hydrogen (secondary N) is 1. The maximum Gasteiger partial charge on any atom is 0.274 e. The van der Waals surface area contributed by atoms with Gasteiger partial charge in [0.1, 0.15) is 0 Å². The first-order valence-electron chi connectivity index (χ1n) is 5.40. The highest BCUT2D eigenvalue weighted by atomic mass is 79.9. The minimum Gasteiger partial charge on any atom is -0.379 e. The number of anilines is 1. The molecule has 0 atom stereocenters. The Morgan fingerprint density at radius 2 is 2.11 bits per heavy atom. The van der Waals surface area contributed by atoms with Gasteiger partial charge in [0, 0.05) is 27.5 Å². The normalized spacial score (nSPS) is 10.5. The van der Waals surface area contributed by atoms with Crippen LogP contribution in [0.4, 0.5) is 11.4 Å². The number of rotatable bonds is 4. The fraction of sp³-hybridized carbons (Fsp3) is 0.167. The van der Waals surface area contributed by atoms with E-state index in [4.69, 9.17) is 0 Å². The highest BCUT2D eigenvalue weighted by molar-refractivity contribution is 9.11. The van der Waals surface area contributed by atoms with Crippen molar-refractivity contribution in [1.82, 2.24) is 0 Å². The van der Waals surface area contributed by atoms with Gasteiger partial charge in [-0.05, 0) is 57.0 Å². The summed E-state index contributed by atoms with van der Waals surface area (Å²) in [4.78, 5) is 11.7. The van der Waals surface area contributed by atoms with Crippen molar-refractivity contribution in [3.8, 4) is 0 Å². The van der Waals surface area contributed by atoms with Crippen LogP contribution in [0.3, 0.4) is 0 Å². The Kier molecular flexibility index (Phi) is 4.59. The predicted octanol–water partition coefficient (Wildman–Crippen LogP) is 5.10. The smallest absolute Gasteiger partial charge is 0.274 e.